The monoisotopic (exact) mass is 510 g/mol. The molecule has 0 atom stereocenters. The van der Waals surface area contributed by atoms with Gasteiger partial charge in [0, 0.05) is 15.1 Å². The summed E-state index contributed by atoms with van der Waals surface area (Å²) in [6, 6.07) is 1.47. The summed E-state index contributed by atoms with van der Waals surface area (Å²) < 4.78 is 5.73. The molecule has 0 radical (unpaired) electrons. The van der Waals surface area contributed by atoms with E-state index in [2.05, 4.69) is 38.4 Å². The maximum Gasteiger partial charge on any atom is 0.333 e. The number of hydrogen-bond acceptors (Lipinski definition) is 2. The zero-order chi connectivity index (χ0) is 19.5. The van der Waals surface area contributed by atoms with Crippen LogP contribution in [0.25, 0.3) is 0 Å². The Balaban J connectivity index is 3.07. The van der Waals surface area contributed by atoms with Gasteiger partial charge in [-0.15, -0.1) is 0 Å². The van der Waals surface area contributed by atoms with Crippen LogP contribution in [0.1, 0.15) is 96.8 Å². The van der Waals surface area contributed by atoms with Crippen molar-refractivity contribution in [3.8, 4) is 0 Å². The van der Waals surface area contributed by atoms with Crippen molar-refractivity contribution < 1.29 is 9.53 Å². The van der Waals surface area contributed by atoms with E-state index < -0.39 is 0 Å². The largest absolute Gasteiger partial charge is 0.462 e. The Bertz CT molecular complexity index is 349. The highest BCUT2D eigenvalue weighted by Gasteiger charge is 2.02. The van der Waals surface area contributed by atoms with Crippen LogP contribution in [0.5, 0.6) is 0 Å². The van der Waals surface area contributed by atoms with E-state index in [0.29, 0.717) is 15.5 Å². The highest BCUT2D eigenvalue weighted by Crippen LogP contribution is 2.14. The van der Waals surface area contributed by atoms with Gasteiger partial charge < -0.3 is 4.74 Å². The minimum Gasteiger partial charge on any atom is -0.462 e. The molecule has 0 aromatic carbocycles. The Labute approximate surface area is 181 Å². The first kappa shape index (κ1) is 26.4. The standard InChI is InChI=1S/C21H40Br2O2Si/c1-19(2)20(24)25-17-15-13-11-9-7-5-3-4-6-8-10-12-14-16-18-26-21(22)23/h21H,1,3-18,26H2,2H3. The Morgan fingerprint density at radius 2 is 1.19 bits per heavy atom. The molecule has 0 unspecified atom stereocenters. The van der Waals surface area contributed by atoms with Crippen molar-refractivity contribution in [2.45, 2.75) is 106 Å². The summed E-state index contributed by atoms with van der Waals surface area (Å²) in [5.41, 5.74) is 0.491. The van der Waals surface area contributed by atoms with Crippen LogP contribution >= 0.6 is 31.9 Å². The molecule has 154 valence electrons. The van der Waals surface area contributed by atoms with E-state index in [-0.39, 0.29) is 15.5 Å². The third kappa shape index (κ3) is 20.7. The van der Waals surface area contributed by atoms with Crippen molar-refractivity contribution in [2.24, 2.45) is 0 Å². The molecule has 2 nitrogen and oxygen atoms in total. The normalized spacial score (nSPS) is 11.5. The molecule has 0 aliphatic heterocycles. The Kier molecular flexibility index (Phi) is 20.4. The molecular weight excluding hydrogens is 472 g/mol. The number of rotatable bonds is 19. The highest BCUT2D eigenvalue weighted by atomic mass is 79.9. The van der Waals surface area contributed by atoms with Crippen LogP contribution < -0.4 is 0 Å². The minimum absolute atomic E-state index is 0.0855. The van der Waals surface area contributed by atoms with Crippen molar-refractivity contribution in [1.82, 2.24) is 0 Å². The van der Waals surface area contributed by atoms with E-state index in [1.165, 1.54) is 83.1 Å². The number of halogens is 2. The summed E-state index contributed by atoms with van der Waals surface area (Å²) >= 11 is 7.18. The Morgan fingerprint density at radius 3 is 1.58 bits per heavy atom. The first-order valence-electron chi connectivity index (χ1n) is 10.6. The van der Waals surface area contributed by atoms with Gasteiger partial charge >= 0.3 is 5.97 Å². The summed E-state index contributed by atoms with van der Waals surface area (Å²) in [6.45, 7) is 5.81. The van der Waals surface area contributed by atoms with Gasteiger partial charge in [0.25, 0.3) is 0 Å². The molecular formula is C21H40Br2O2Si. The molecule has 0 spiro atoms. The first-order chi connectivity index (χ1) is 12.5. The molecule has 0 rings (SSSR count). The van der Waals surface area contributed by atoms with Gasteiger partial charge in [0.2, 0.25) is 0 Å². The number of carbonyl (C=O) groups is 1. The smallest absolute Gasteiger partial charge is 0.333 e. The van der Waals surface area contributed by atoms with E-state index in [1.807, 2.05) is 0 Å². The lowest BCUT2D eigenvalue weighted by molar-refractivity contribution is -0.139. The number of ether oxygens (including phenoxy) is 1. The second-order valence-corrected chi connectivity index (χ2v) is 15.3. The molecule has 0 saturated carbocycles. The van der Waals surface area contributed by atoms with Crippen molar-refractivity contribution in [2.75, 3.05) is 6.61 Å². The molecule has 0 aliphatic rings. The van der Waals surface area contributed by atoms with Gasteiger partial charge in [0.15, 0.2) is 0 Å². The van der Waals surface area contributed by atoms with Gasteiger partial charge in [-0.2, -0.15) is 0 Å². The van der Waals surface area contributed by atoms with E-state index in [1.54, 1.807) is 6.92 Å². The van der Waals surface area contributed by atoms with Crippen molar-refractivity contribution in [1.29, 1.82) is 0 Å². The Morgan fingerprint density at radius 1 is 0.808 bits per heavy atom. The molecule has 0 aromatic heterocycles. The zero-order valence-corrected chi connectivity index (χ0v) is 21.5. The lowest BCUT2D eigenvalue weighted by atomic mass is 10.0. The summed E-state index contributed by atoms with van der Waals surface area (Å²) in [7, 11) is 0.0855. The van der Waals surface area contributed by atoms with Gasteiger partial charge in [0.05, 0.1) is 9.97 Å². The lowest BCUT2D eigenvalue weighted by Crippen LogP contribution is -2.05. The molecule has 0 bridgehead atoms. The van der Waals surface area contributed by atoms with Crippen molar-refractivity contribution in [3.63, 3.8) is 0 Å². The molecule has 0 aliphatic carbocycles. The fraction of sp³-hybridized carbons (Fsp3) is 0.857. The molecule has 0 fully saturated rings. The summed E-state index contributed by atoms with van der Waals surface area (Å²) in [6.07, 6.45) is 18.9. The second-order valence-electron chi connectivity index (χ2n) is 7.40. The van der Waals surface area contributed by atoms with Crippen LogP contribution in [-0.2, 0) is 9.53 Å². The Hall–Kier alpha value is 0.387. The summed E-state index contributed by atoms with van der Waals surface area (Å²) in [5.74, 6) is -0.255. The molecule has 0 amide bonds. The van der Waals surface area contributed by atoms with E-state index >= 15 is 0 Å². The number of alkyl halides is 2. The van der Waals surface area contributed by atoms with Gasteiger partial charge in [-0.1, -0.05) is 128 Å². The van der Waals surface area contributed by atoms with Gasteiger partial charge in [-0.05, 0) is 13.3 Å². The fourth-order valence-corrected chi connectivity index (χ4v) is 5.88. The molecule has 26 heavy (non-hydrogen) atoms. The molecule has 0 N–H and O–H groups in total. The van der Waals surface area contributed by atoms with Crippen LogP contribution in [0.4, 0.5) is 0 Å². The third-order valence-corrected chi connectivity index (χ3v) is 8.74. The number of hydrogen-bond donors (Lipinski definition) is 0. The lowest BCUT2D eigenvalue weighted by Gasteiger charge is -2.05. The summed E-state index contributed by atoms with van der Waals surface area (Å²) in [5, 5.41) is 0. The second kappa shape index (κ2) is 20.1. The quantitative estimate of drug-likeness (QED) is 0.0600. The van der Waals surface area contributed by atoms with E-state index in [4.69, 9.17) is 4.74 Å². The van der Waals surface area contributed by atoms with Crippen LogP contribution in [0.3, 0.4) is 0 Å². The number of carbonyl (C=O) groups excluding carboxylic acids is 1. The van der Waals surface area contributed by atoms with E-state index in [0.717, 1.165) is 12.8 Å². The van der Waals surface area contributed by atoms with Crippen LogP contribution in [0, 0.1) is 0 Å². The van der Waals surface area contributed by atoms with Crippen molar-refractivity contribution in [3.05, 3.63) is 12.2 Å². The zero-order valence-electron chi connectivity index (χ0n) is 16.9. The number of esters is 1. The molecule has 0 aromatic rings. The van der Waals surface area contributed by atoms with Crippen LogP contribution in [-0.4, -0.2) is 25.5 Å². The minimum atomic E-state index is -0.255. The number of unbranched alkanes of at least 4 members (excludes halogenated alkanes) is 13. The third-order valence-electron chi connectivity index (χ3n) is 4.65. The predicted molar refractivity (Wildman–Crippen MR) is 125 cm³/mol. The van der Waals surface area contributed by atoms with Crippen molar-refractivity contribution >= 4 is 47.3 Å². The van der Waals surface area contributed by atoms with Crippen LogP contribution in [0.2, 0.25) is 6.04 Å². The first-order valence-corrected chi connectivity index (χ1v) is 14.3. The maximum atomic E-state index is 11.2. The van der Waals surface area contributed by atoms with Gasteiger partial charge in [-0.25, -0.2) is 4.79 Å². The SMILES string of the molecule is C=C(C)C(=O)OCCCCCCCCCCCCCCCC[SiH2]C(Br)Br. The molecule has 0 heterocycles. The average molecular weight is 512 g/mol. The average Bonchev–Trinajstić information content (AvgIpc) is 2.60. The summed E-state index contributed by atoms with van der Waals surface area (Å²) in [4.78, 5) is 11.2. The maximum absolute atomic E-state index is 11.2. The topological polar surface area (TPSA) is 26.3 Å². The van der Waals surface area contributed by atoms with Gasteiger partial charge in [0.1, 0.15) is 0 Å². The van der Waals surface area contributed by atoms with E-state index in [9.17, 15) is 4.79 Å². The van der Waals surface area contributed by atoms with Gasteiger partial charge in [-0.3, -0.25) is 0 Å². The fourth-order valence-electron chi connectivity index (χ4n) is 2.99. The van der Waals surface area contributed by atoms with Crippen LogP contribution in [0.15, 0.2) is 12.2 Å². The molecule has 5 heteroatoms. The highest BCUT2D eigenvalue weighted by molar-refractivity contribution is 9.25. The predicted octanol–water partition coefficient (Wildman–Crippen LogP) is 7.23. The molecule has 0 saturated heterocycles.